The Balaban J connectivity index is 1.09. The minimum atomic E-state index is -0.167. The zero-order valence-corrected chi connectivity index (χ0v) is 33.0. The second-order valence-electron chi connectivity index (χ2n) is 17.1. The van der Waals surface area contributed by atoms with E-state index in [2.05, 4.69) is 208 Å². The van der Waals surface area contributed by atoms with Crippen molar-refractivity contribution in [2.45, 2.75) is 19.3 Å². The summed E-state index contributed by atoms with van der Waals surface area (Å²) in [6.07, 6.45) is 0. The van der Waals surface area contributed by atoms with E-state index >= 15 is 0 Å². The predicted molar refractivity (Wildman–Crippen MR) is 252 cm³/mol. The van der Waals surface area contributed by atoms with E-state index in [-0.39, 0.29) is 5.41 Å². The average Bonchev–Trinajstić information content (AvgIpc) is 3.75. The lowest BCUT2D eigenvalue weighted by atomic mass is 9.77. The summed E-state index contributed by atoms with van der Waals surface area (Å²) in [7, 11) is 0. The third-order valence-corrected chi connectivity index (χ3v) is 13.7. The van der Waals surface area contributed by atoms with Crippen molar-refractivity contribution >= 4 is 53.9 Å². The van der Waals surface area contributed by atoms with Gasteiger partial charge < -0.3 is 0 Å². The van der Waals surface area contributed by atoms with Crippen LogP contribution in [0.5, 0.6) is 0 Å². The Bertz CT molecular complexity index is 3510. The molecule has 0 heterocycles. The van der Waals surface area contributed by atoms with Gasteiger partial charge in [0.1, 0.15) is 0 Å². The monoisotopic (exact) mass is 746 g/mol. The number of fused-ring (bicyclic) bond motifs is 14. The molecule has 2 aliphatic rings. The second kappa shape index (κ2) is 11.9. The van der Waals surface area contributed by atoms with Crippen molar-refractivity contribution < 1.29 is 0 Å². The first kappa shape index (κ1) is 32.8. The van der Waals surface area contributed by atoms with Crippen molar-refractivity contribution in [3.63, 3.8) is 0 Å². The minimum Gasteiger partial charge on any atom is -0.0622 e. The summed E-state index contributed by atoms with van der Waals surface area (Å²) >= 11 is 0. The van der Waals surface area contributed by atoms with Crippen LogP contribution < -0.4 is 0 Å². The van der Waals surface area contributed by atoms with Gasteiger partial charge in [0.25, 0.3) is 0 Å². The van der Waals surface area contributed by atoms with Gasteiger partial charge in [-0.25, -0.2) is 0 Å². The van der Waals surface area contributed by atoms with Gasteiger partial charge in [-0.2, -0.15) is 0 Å². The van der Waals surface area contributed by atoms with Gasteiger partial charge in [-0.15, -0.1) is 0 Å². The van der Waals surface area contributed by atoms with Crippen molar-refractivity contribution in [1.82, 2.24) is 0 Å². The van der Waals surface area contributed by atoms with E-state index in [1.807, 2.05) is 0 Å². The van der Waals surface area contributed by atoms with E-state index in [1.54, 1.807) is 0 Å². The molecule has 59 heavy (non-hydrogen) atoms. The summed E-state index contributed by atoms with van der Waals surface area (Å²) in [5.41, 5.74) is 18.4. The molecule has 0 unspecified atom stereocenters. The molecule has 0 saturated heterocycles. The first-order valence-electron chi connectivity index (χ1n) is 20.9. The zero-order chi connectivity index (χ0) is 39.0. The molecule has 0 spiro atoms. The van der Waals surface area contributed by atoms with Gasteiger partial charge in [0.2, 0.25) is 0 Å². The molecule has 0 radical (unpaired) electrons. The van der Waals surface area contributed by atoms with E-state index in [0.29, 0.717) is 0 Å². The number of rotatable bonds is 3. The lowest BCUT2D eigenvalue weighted by Crippen LogP contribution is -2.16. The molecule has 0 bridgehead atoms. The summed E-state index contributed by atoms with van der Waals surface area (Å²) in [4.78, 5) is 0. The van der Waals surface area contributed by atoms with E-state index in [9.17, 15) is 0 Å². The molecule has 274 valence electrons. The van der Waals surface area contributed by atoms with Crippen LogP contribution in [0.25, 0.3) is 121 Å². The lowest BCUT2D eigenvalue weighted by Gasteiger charge is -2.25. The highest BCUT2D eigenvalue weighted by Crippen LogP contribution is 2.60. The average molecular weight is 747 g/mol. The molecule has 11 aromatic carbocycles. The van der Waals surface area contributed by atoms with Crippen LogP contribution in [0, 0.1) is 0 Å². The highest BCUT2D eigenvalue weighted by atomic mass is 14.4. The molecule has 11 aromatic rings. The van der Waals surface area contributed by atoms with Gasteiger partial charge >= 0.3 is 0 Å². The minimum absolute atomic E-state index is 0.167. The molecule has 0 aliphatic heterocycles. The van der Waals surface area contributed by atoms with Crippen LogP contribution in [0.2, 0.25) is 0 Å². The van der Waals surface area contributed by atoms with Crippen LogP contribution in [-0.4, -0.2) is 0 Å². The quantitative estimate of drug-likeness (QED) is 0.158. The Morgan fingerprint density at radius 3 is 1.47 bits per heavy atom. The van der Waals surface area contributed by atoms with E-state index in [1.165, 1.54) is 132 Å². The van der Waals surface area contributed by atoms with E-state index < -0.39 is 0 Å². The van der Waals surface area contributed by atoms with Gasteiger partial charge in [-0.1, -0.05) is 202 Å². The van der Waals surface area contributed by atoms with Crippen molar-refractivity contribution in [3.05, 3.63) is 205 Å². The van der Waals surface area contributed by atoms with Crippen molar-refractivity contribution in [1.29, 1.82) is 0 Å². The van der Waals surface area contributed by atoms with Gasteiger partial charge in [0.05, 0.1) is 0 Å². The summed E-state index contributed by atoms with van der Waals surface area (Å²) in [5, 5.41) is 13.2. The molecular formula is C59H38. The topological polar surface area (TPSA) is 0 Å². The van der Waals surface area contributed by atoms with Crippen molar-refractivity contribution in [3.8, 4) is 66.8 Å². The molecule has 0 aromatic heterocycles. The van der Waals surface area contributed by atoms with Crippen molar-refractivity contribution in [2.24, 2.45) is 0 Å². The first-order chi connectivity index (χ1) is 29.1. The van der Waals surface area contributed by atoms with Gasteiger partial charge in [-0.3, -0.25) is 0 Å². The summed E-state index contributed by atoms with van der Waals surface area (Å²) in [6.45, 7) is 4.87. The van der Waals surface area contributed by atoms with Crippen molar-refractivity contribution in [2.75, 3.05) is 0 Å². The molecule has 0 nitrogen and oxygen atoms in total. The summed E-state index contributed by atoms with van der Waals surface area (Å²) < 4.78 is 0. The molecule has 0 saturated carbocycles. The Morgan fingerprint density at radius 2 is 0.797 bits per heavy atom. The van der Waals surface area contributed by atoms with Gasteiger partial charge in [-0.05, 0) is 138 Å². The third-order valence-electron chi connectivity index (χ3n) is 13.7. The van der Waals surface area contributed by atoms with Crippen LogP contribution in [-0.2, 0) is 5.41 Å². The Kier molecular flexibility index (Phi) is 6.60. The molecule has 0 fully saturated rings. The Labute approximate surface area is 343 Å². The van der Waals surface area contributed by atoms with Crippen LogP contribution in [0.1, 0.15) is 25.0 Å². The van der Waals surface area contributed by atoms with Gasteiger partial charge in [0.15, 0.2) is 0 Å². The summed E-state index contributed by atoms with van der Waals surface area (Å²) in [5.74, 6) is 0. The smallest absolute Gasteiger partial charge is 0.0171 e. The fourth-order valence-corrected chi connectivity index (χ4v) is 11.4. The van der Waals surface area contributed by atoms with Crippen LogP contribution in [0.4, 0.5) is 0 Å². The lowest BCUT2D eigenvalue weighted by molar-refractivity contribution is 0.672. The molecule has 0 atom stereocenters. The molecule has 13 rings (SSSR count). The zero-order valence-electron chi connectivity index (χ0n) is 33.0. The number of hydrogen-bond donors (Lipinski definition) is 0. The number of hydrogen-bond acceptors (Lipinski definition) is 0. The van der Waals surface area contributed by atoms with Crippen LogP contribution in [0.15, 0.2) is 194 Å². The van der Waals surface area contributed by atoms with E-state index in [0.717, 1.165) is 0 Å². The maximum atomic E-state index is 2.49. The summed E-state index contributed by atoms with van der Waals surface area (Å²) in [6, 6.07) is 72.8. The number of benzene rings is 11. The largest absolute Gasteiger partial charge is 0.0622 e. The highest BCUT2D eigenvalue weighted by molar-refractivity contribution is 6.29. The fraction of sp³-hybridized carbons (Fsp3) is 0.0508. The Morgan fingerprint density at radius 1 is 0.271 bits per heavy atom. The molecule has 0 heteroatoms. The van der Waals surface area contributed by atoms with Crippen LogP contribution in [0.3, 0.4) is 0 Å². The second-order valence-corrected chi connectivity index (χ2v) is 17.1. The highest BCUT2D eigenvalue weighted by Gasteiger charge is 2.40. The normalized spacial score (nSPS) is 13.4. The first-order valence-corrected chi connectivity index (χ1v) is 20.9. The SMILES string of the molecule is CC1(C)c2c(ccc3ccccc23)-c2c1c1ccc(-c3ccc4c5c(cccc35)-c3c-4c(-c4ccccc4)c4ccccc4c3-c3ccccc3)cc1c1ccccc21. The maximum Gasteiger partial charge on any atom is 0.0171 e. The van der Waals surface area contributed by atoms with Gasteiger partial charge in [0, 0.05) is 5.41 Å². The van der Waals surface area contributed by atoms with Crippen LogP contribution >= 0.6 is 0 Å². The fourth-order valence-electron chi connectivity index (χ4n) is 11.4. The third kappa shape index (κ3) is 4.33. The Hall–Kier alpha value is -7.28. The predicted octanol–water partition coefficient (Wildman–Crippen LogP) is 16.4. The standard InChI is InChI=1S/C59H38/c1-59(2)57-40-21-10-9-16-35(40)28-31-49(57)54-43-23-12-11-22-41(43)50-34-38(29-30-46(50)58(54)59)39-32-33-48-53-42(39)26-15-27-47(53)55-51(36-17-5-3-6-18-36)44-24-13-14-25-45(44)52(56(48)55)37-19-7-4-8-20-37/h3-34H,1-2H3. The molecule has 0 N–H and O–H groups in total. The maximum absolute atomic E-state index is 2.49. The molecule has 2 aliphatic carbocycles. The van der Waals surface area contributed by atoms with E-state index in [4.69, 9.17) is 0 Å². The molecular weight excluding hydrogens is 709 g/mol. The molecule has 0 amide bonds.